The number of esters is 1. The maximum Gasteiger partial charge on any atom is 0.343 e. The number of nitrogens with zero attached hydrogens (tertiary/aromatic N) is 2. The second-order valence-corrected chi connectivity index (χ2v) is 9.34. The summed E-state index contributed by atoms with van der Waals surface area (Å²) in [5.41, 5.74) is 2.03. The van der Waals surface area contributed by atoms with Gasteiger partial charge in [-0.2, -0.15) is 0 Å². The van der Waals surface area contributed by atoms with Gasteiger partial charge in [0.2, 0.25) is 0 Å². The van der Waals surface area contributed by atoms with E-state index in [9.17, 15) is 4.79 Å². The molecular weight excluding hydrogens is 428 g/mol. The molecule has 1 aromatic carbocycles. The molecule has 6 nitrogen and oxygen atoms in total. The third kappa shape index (κ3) is 7.74. The van der Waals surface area contributed by atoms with Crippen molar-refractivity contribution >= 4 is 5.97 Å². The molecule has 1 aromatic heterocycles. The van der Waals surface area contributed by atoms with Crippen molar-refractivity contribution < 1.29 is 19.0 Å². The van der Waals surface area contributed by atoms with Crippen molar-refractivity contribution in [3.8, 4) is 17.1 Å². The van der Waals surface area contributed by atoms with Gasteiger partial charge in [0.25, 0.3) is 0 Å². The molecule has 2 aromatic rings. The normalized spacial score (nSPS) is 19.1. The number of rotatable bonds is 13. The Balaban J connectivity index is 1.45. The monoisotopic (exact) mass is 466 g/mol. The summed E-state index contributed by atoms with van der Waals surface area (Å²) >= 11 is 0. The first-order chi connectivity index (χ1) is 16.4. The van der Waals surface area contributed by atoms with E-state index in [0.717, 1.165) is 12.0 Å². The van der Waals surface area contributed by atoms with Gasteiger partial charge >= 0.3 is 5.97 Å². The molecule has 0 radical (unpaired) electrons. The van der Waals surface area contributed by atoms with Crippen LogP contribution in [0.15, 0.2) is 49.3 Å². The summed E-state index contributed by atoms with van der Waals surface area (Å²) in [4.78, 5) is 21.6. The molecule has 1 aliphatic heterocycles. The van der Waals surface area contributed by atoms with E-state index >= 15 is 0 Å². The van der Waals surface area contributed by atoms with Gasteiger partial charge < -0.3 is 14.2 Å². The fourth-order valence-corrected chi connectivity index (χ4v) is 4.09. The van der Waals surface area contributed by atoms with E-state index in [1.165, 1.54) is 56.9 Å². The summed E-state index contributed by atoms with van der Waals surface area (Å²) in [6, 6.07) is 7.15. The van der Waals surface area contributed by atoms with Crippen LogP contribution in [0.4, 0.5) is 0 Å². The molecule has 2 heterocycles. The lowest BCUT2D eigenvalue weighted by Gasteiger charge is -2.16. The Morgan fingerprint density at radius 2 is 1.62 bits per heavy atom. The van der Waals surface area contributed by atoms with Gasteiger partial charge in [0.1, 0.15) is 11.9 Å². The van der Waals surface area contributed by atoms with Gasteiger partial charge in [-0.25, -0.2) is 14.8 Å². The average Bonchev–Trinajstić information content (AvgIpc) is 3.16. The average molecular weight is 467 g/mol. The molecule has 1 aliphatic rings. The highest BCUT2D eigenvalue weighted by Gasteiger charge is 2.44. The Labute approximate surface area is 203 Å². The minimum Gasteiger partial charge on any atom is -0.425 e. The number of aromatic nitrogens is 2. The summed E-state index contributed by atoms with van der Waals surface area (Å²) in [5.74, 6) is -0.288. The SMILES string of the molecule is C=CC1OC(C)(C)OC1C(=O)Oc1ccc(-c2ncc(CCCCCCCCCC)cn2)cc1. The first-order valence-electron chi connectivity index (χ1n) is 12.5. The van der Waals surface area contributed by atoms with Crippen LogP contribution in [-0.4, -0.2) is 33.9 Å². The van der Waals surface area contributed by atoms with Crippen LogP contribution in [0.1, 0.15) is 77.7 Å². The lowest BCUT2D eigenvalue weighted by molar-refractivity contribution is -0.163. The molecule has 2 atom stereocenters. The zero-order valence-electron chi connectivity index (χ0n) is 20.8. The summed E-state index contributed by atoms with van der Waals surface area (Å²) in [6.07, 6.45) is 15.5. The maximum absolute atomic E-state index is 12.6. The lowest BCUT2D eigenvalue weighted by Crippen LogP contribution is -2.34. The predicted octanol–water partition coefficient (Wildman–Crippen LogP) is 6.44. The summed E-state index contributed by atoms with van der Waals surface area (Å²) in [5, 5.41) is 0. The van der Waals surface area contributed by atoms with E-state index in [4.69, 9.17) is 14.2 Å². The fraction of sp³-hybridized carbons (Fsp3) is 0.536. The highest BCUT2D eigenvalue weighted by atomic mass is 16.8. The summed E-state index contributed by atoms with van der Waals surface area (Å²) < 4.78 is 16.8. The molecule has 0 N–H and O–H groups in total. The number of hydrogen-bond donors (Lipinski definition) is 0. The largest absolute Gasteiger partial charge is 0.425 e. The van der Waals surface area contributed by atoms with Gasteiger partial charge in [-0.15, -0.1) is 6.58 Å². The molecule has 34 heavy (non-hydrogen) atoms. The number of ether oxygens (including phenoxy) is 3. The van der Waals surface area contributed by atoms with Crippen LogP contribution in [0.25, 0.3) is 11.4 Å². The quantitative estimate of drug-likeness (QED) is 0.146. The van der Waals surface area contributed by atoms with Crippen molar-refractivity contribution in [2.45, 2.75) is 96.6 Å². The van der Waals surface area contributed by atoms with Crippen molar-refractivity contribution in [3.63, 3.8) is 0 Å². The zero-order valence-corrected chi connectivity index (χ0v) is 20.8. The minimum atomic E-state index is -0.857. The molecule has 0 saturated carbocycles. The molecule has 1 fully saturated rings. The third-order valence-corrected chi connectivity index (χ3v) is 5.95. The number of carbonyl (C=O) groups is 1. The van der Waals surface area contributed by atoms with Crippen LogP contribution >= 0.6 is 0 Å². The Kier molecular flexibility index (Phi) is 9.78. The Morgan fingerprint density at radius 3 is 2.24 bits per heavy atom. The molecule has 0 bridgehead atoms. The molecular formula is C28H38N2O4. The topological polar surface area (TPSA) is 70.5 Å². The van der Waals surface area contributed by atoms with Crippen molar-refractivity contribution in [1.82, 2.24) is 9.97 Å². The van der Waals surface area contributed by atoms with E-state index in [-0.39, 0.29) is 0 Å². The molecule has 0 aliphatic carbocycles. The Hall–Kier alpha value is -2.57. The molecule has 1 saturated heterocycles. The van der Waals surface area contributed by atoms with Crippen LogP contribution in [-0.2, 0) is 20.7 Å². The lowest BCUT2D eigenvalue weighted by atomic mass is 10.1. The number of aryl methyl sites for hydroxylation is 1. The molecule has 0 spiro atoms. The number of unbranched alkanes of at least 4 members (excludes halogenated alkanes) is 7. The van der Waals surface area contributed by atoms with Crippen molar-refractivity contribution in [2.24, 2.45) is 0 Å². The highest BCUT2D eigenvalue weighted by Crippen LogP contribution is 2.30. The van der Waals surface area contributed by atoms with Crippen LogP contribution in [0, 0.1) is 0 Å². The van der Waals surface area contributed by atoms with Crippen molar-refractivity contribution in [1.29, 1.82) is 0 Å². The second kappa shape index (κ2) is 12.8. The molecule has 3 rings (SSSR count). The Morgan fingerprint density at radius 1 is 1.00 bits per heavy atom. The minimum absolute atomic E-state index is 0.427. The van der Waals surface area contributed by atoms with E-state index in [0.29, 0.717) is 11.6 Å². The summed E-state index contributed by atoms with van der Waals surface area (Å²) in [6.45, 7) is 9.47. The van der Waals surface area contributed by atoms with Crippen molar-refractivity contribution in [3.05, 3.63) is 54.9 Å². The van der Waals surface area contributed by atoms with E-state index < -0.39 is 24.0 Å². The van der Waals surface area contributed by atoms with E-state index in [1.807, 2.05) is 24.5 Å². The molecule has 184 valence electrons. The van der Waals surface area contributed by atoms with Gasteiger partial charge in [-0.1, -0.05) is 57.9 Å². The van der Waals surface area contributed by atoms with Crippen LogP contribution in [0.2, 0.25) is 0 Å². The smallest absolute Gasteiger partial charge is 0.343 e. The van der Waals surface area contributed by atoms with Crippen LogP contribution in [0.5, 0.6) is 5.75 Å². The molecule has 2 unspecified atom stereocenters. The zero-order chi connectivity index (χ0) is 24.4. The van der Waals surface area contributed by atoms with E-state index in [1.54, 1.807) is 32.1 Å². The fourth-order valence-electron chi connectivity index (χ4n) is 4.09. The first-order valence-corrected chi connectivity index (χ1v) is 12.5. The van der Waals surface area contributed by atoms with Crippen LogP contribution in [0.3, 0.4) is 0 Å². The van der Waals surface area contributed by atoms with Gasteiger partial charge in [-0.05, 0) is 56.5 Å². The number of carbonyl (C=O) groups excluding carboxylic acids is 1. The molecule has 6 heteroatoms. The van der Waals surface area contributed by atoms with E-state index in [2.05, 4.69) is 23.5 Å². The van der Waals surface area contributed by atoms with Gasteiger partial charge in [0.15, 0.2) is 17.7 Å². The van der Waals surface area contributed by atoms with Gasteiger partial charge in [-0.3, -0.25) is 0 Å². The van der Waals surface area contributed by atoms with Gasteiger partial charge in [0, 0.05) is 18.0 Å². The predicted molar refractivity (Wildman–Crippen MR) is 133 cm³/mol. The Bertz CT molecular complexity index is 909. The first kappa shape index (κ1) is 26.0. The number of hydrogen-bond acceptors (Lipinski definition) is 6. The molecule has 0 amide bonds. The van der Waals surface area contributed by atoms with Crippen molar-refractivity contribution in [2.75, 3.05) is 0 Å². The summed E-state index contributed by atoms with van der Waals surface area (Å²) in [7, 11) is 0. The maximum atomic E-state index is 12.6. The van der Waals surface area contributed by atoms with Crippen LogP contribution < -0.4 is 4.74 Å². The highest BCUT2D eigenvalue weighted by molar-refractivity contribution is 5.78. The third-order valence-electron chi connectivity index (χ3n) is 5.95. The second-order valence-electron chi connectivity index (χ2n) is 9.34. The van der Waals surface area contributed by atoms with Gasteiger partial charge in [0.05, 0.1) is 0 Å². The standard InChI is InChI=1S/C28H38N2O4/c1-5-7-8-9-10-11-12-13-14-21-19-29-26(30-20-21)22-15-17-23(18-16-22)32-27(31)25-24(6-2)33-28(3,4)34-25/h6,15-20,24-25H,2,5,7-14H2,1,3-4H3. The number of benzene rings is 1.